The lowest BCUT2D eigenvalue weighted by molar-refractivity contribution is 0.246. The van der Waals surface area contributed by atoms with Crippen LogP contribution in [-0.4, -0.2) is 18.3 Å². The Kier molecular flexibility index (Phi) is 4.79. The Morgan fingerprint density at radius 1 is 1.13 bits per heavy atom. The van der Waals surface area contributed by atoms with Gasteiger partial charge in [0.05, 0.1) is 12.6 Å². The van der Waals surface area contributed by atoms with Crippen LogP contribution in [-0.2, 0) is 0 Å². The zero-order chi connectivity index (χ0) is 11.3. The summed E-state index contributed by atoms with van der Waals surface area (Å²) in [6.45, 7) is 7.43. The van der Waals surface area contributed by atoms with Crippen LogP contribution in [0.25, 0.3) is 0 Å². The second-order valence-electron chi connectivity index (χ2n) is 4.11. The van der Waals surface area contributed by atoms with Gasteiger partial charge in [0.25, 0.3) is 0 Å². The summed E-state index contributed by atoms with van der Waals surface area (Å²) in [5.74, 6) is 0.561. The molecule has 0 aliphatic heterocycles. The predicted molar refractivity (Wildman–Crippen MR) is 64.0 cm³/mol. The summed E-state index contributed by atoms with van der Waals surface area (Å²) in [7, 11) is 0. The van der Waals surface area contributed by atoms with Gasteiger partial charge >= 0.3 is 0 Å². The average Bonchev–Trinajstić information content (AvgIpc) is 2.26. The Labute approximate surface area is 92.3 Å². The Hall–Kier alpha value is -0.860. The molecule has 2 N–H and O–H groups in total. The third-order valence-corrected chi connectivity index (χ3v) is 2.64. The van der Waals surface area contributed by atoms with Crippen molar-refractivity contribution in [3.8, 4) is 0 Å². The van der Waals surface area contributed by atoms with E-state index in [2.05, 4.69) is 43.4 Å². The van der Waals surface area contributed by atoms with Gasteiger partial charge in [-0.1, -0.05) is 45.0 Å². The largest absolute Gasteiger partial charge is 0.394 e. The van der Waals surface area contributed by atoms with E-state index in [-0.39, 0.29) is 12.6 Å². The summed E-state index contributed by atoms with van der Waals surface area (Å²) in [4.78, 5) is 0. The molecule has 0 amide bonds. The van der Waals surface area contributed by atoms with Crippen LogP contribution in [0.1, 0.15) is 43.9 Å². The van der Waals surface area contributed by atoms with E-state index in [1.54, 1.807) is 0 Å². The molecule has 0 heterocycles. The van der Waals surface area contributed by atoms with Gasteiger partial charge in [0.15, 0.2) is 0 Å². The zero-order valence-corrected chi connectivity index (χ0v) is 9.83. The predicted octanol–water partition coefficient (Wildman–Crippen LogP) is 2.45. The summed E-state index contributed by atoms with van der Waals surface area (Å²) >= 11 is 0. The van der Waals surface area contributed by atoms with Gasteiger partial charge in [-0.05, 0) is 23.6 Å². The number of rotatable bonds is 5. The highest BCUT2D eigenvalue weighted by atomic mass is 16.3. The maximum absolute atomic E-state index is 9.23. The lowest BCUT2D eigenvalue weighted by Crippen LogP contribution is -2.23. The third kappa shape index (κ3) is 3.33. The number of benzene rings is 1. The van der Waals surface area contributed by atoms with Crippen LogP contribution in [0.5, 0.6) is 0 Å². The Morgan fingerprint density at radius 2 is 1.67 bits per heavy atom. The Bertz CT molecular complexity index is 279. The Balaban J connectivity index is 2.77. The molecule has 0 saturated carbocycles. The van der Waals surface area contributed by atoms with Gasteiger partial charge < -0.3 is 10.4 Å². The van der Waals surface area contributed by atoms with Crippen LogP contribution < -0.4 is 5.32 Å². The molecule has 0 aromatic heterocycles. The number of nitrogens with one attached hydrogen (secondary N) is 1. The molecule has 0 fully saturated rings. The molecule has 1 atom stereocenters. The molecule has 0 aliphatic rings. The number of hydrogen-bond acceptors (Lipinski definition) is 2. The molecular weight excluding hydrogens is 186 g/mol. The fourth-order valence-corrected chi connectivity index (χ4v) is 1.65. The van der Waals surface area contributed by atoms with Crippen molar-refractivity contribution in [3.63, 3.8) is 0 Å². The second-order valence-corrected chi connectivity index (χ2v) is 4.11. The van der Waals surface area contributed by atoms with Crippen LogP contribution in [0.15, 0.2) is 24.3 Å². The van der Waals surface area contributed by atoms with E-state index in [1.807, 2.05) is 6.92 Å². The van der Waals surface area contributed by atoms with Crippen LogP contribution in [0, 0.1) is 0 Å². The molecule has 84 valence electrons. The van der Waals surface area contributed by atoms with Crippen molar-refractivity contribution in [3.05, 3.63) is 35.4 Å². The van der Waals surface area contributed by atoms with Crippen molar-refractivity contribution in [1.82, 2.24) is 5.32 Å². The first-order valence-electron chi connectivity index (χ1n) is 5.63. The van der Waals surface area contributed by atoms with Crippen LogP contribution in [0.3, 0.4) is 0 Å². The monoisotopic (exact) mass is 207 g/mol. The van der Waals surface area contributed by atoms with E-state index < -0.39 is 0 Å². The summed E-state index contributed by atoms with van der Waals surface area (Å²) in [6, 6.07) is 8.54. The fourth-order valence-electron chi connectivity index (χ4n) is 1.65. The zero-order valence-electron chi connectivity index (χ0n) is 9.83. The van der Waals surface area contributed by atoms with Gasteiger partial charge in [-0.2, -0.15) is 0 Å². The molecular formula is C13H21NO. The van der Waals surface area contributed by atoms with Gasteiger partial charge in [0, 0.05) is 0 Å². The van der Waals surface area contributed by atoms with E-state index in [9.17, 15) is 5.11 Å². The third-order valence-electron chi connectivity index (χ3n) is 2.64. The molecule has 0 saturated heterocycles. The average molecular weight is 207 g/mol. The fraction of sp³-hybridized carbons (Fsp3) is 0.538. The highest BCUT2D eigenvalue weighted by molar-refractivity contribution is 5.26. The SMILES string of the molecule is CCNC(CO)c1ccc(C(C)C)cc1. The summed E-state index contributed by atoms with van der Waals surface area (Å²) in [5, 5.41) is 12.5. The smallest absolute Gasteiger partial charge is 0.0626 e. The van der Waals surface area contributed by atoms with Crippen LogP contribution in [0.4, 0.5) is 0 Å². The molecule has 1 unspecified atom stereocenters. The molecule has 2 heteroatoms. The number of likely N-dealkylation sites (N-methyl/N-ethyl adjacent to an activating group) is 1. The van der Waals surface area contributed by atoms with Crippen molar-refractivity contribution in [2.45, 2.75) is 32.7 Å². The summed E-state index contributed by atoms with van der Waals surface area (Å²) in [6.07, 6.45) is 0. The molecule has 0 spiro atoms. The summed E-state index contributed by atoms with van der Waals surface area (Å²) in [5.41, 5.74) is 2.50. The molecule has 0 aliphatic carbocycles. The first-order chi connectivity index (χ1) is 7.19. The van der Waals surface area contributed by atoms with Crippen molar-refractivity contribution >= 4 is 0 Å². The van der Waals surface area contributed by atoms with Crippen LogP contribution >= 0.6 is 0 Å². The molecule has 1 aromatic carbocycles. The molecule has 0 bridgehead atoms. The highest BCUT2D eigenvalue weighted by Crippen LogP contribution is 2.18. The van der Waals surface area contributed by atoms with Crippen LogP contribution in [0.2, 0.25) is 0 Å². The van der Waals surface area contributed by atoms with Gasteiger partial charge in [0.2, 0.25) is 0 Å². The Morgan fingerprint density at radius 3 is 2.07 bits per heavy atom. The quantitative estimate of drug-likeness (QED) is 0.777. The molecule has 2 nitrogen and oxygen atoms in total. The molecule has 1 rings (SSSR count). The number of aliphatic hydroxyl groups excluding tert-OH is 1. The highest BCUT2D eigenvalue weighted by Gasteiger charge is 2.08. The molecule has 1 aromatic rings. The van der Waals surface area contributed by atoms with E-state index in [1.165, 1.54) is 5.56 Å². The standard InChI is InChI=1S/C13H21NO/c1-4-14-13(9-15)12-7-5-11(6-8-12)10(2)3/h5-8,10,13-15H,4,9H2,1-3H3. The maximum Gasteiger partial charge on any atom is 0.0626 e. The lowest BCUT2D eigenvalue weighted by Gasteiger charge is -2.16. The first-order valence-corrected chi connectivity index (χ1v) is 5.63. The molecule has 0 radical (unpaired) electrons. The van der Waals surface area contributed by atoms with E-state index >= 15 is 0 Å². The van der Waals surface area contributed by atoms with E-state index in [0.717, 1.165) is 12.1 Å². The molecule has 15 heavy (non-hydrogen) atoms. The normalized spacial score (nSPS) is 13.1. The first kappa shape index (κ1) is 12.2. The topological polar surface area (TPSA) is 32.3 Å². The van der Waals surface area contributed by atoms with Gasteiger partial charge in [-0.15, -0.1) is 0 Å². The lowest BCUT2D eigenvalue weighted by atomic mass is 9.99. The van der Waals surface area contributed by atoms with Gasteiger partial charge in [-0.25, -0.2) is 0 Å². The minimum atomic E-state index is 0.0659. The van der Waals surface area contributed by atoms with E-state index in [0.29, 0.717) is 5.92 Å². The van der Waals surface area contributed by atoms with Crippen molar-refractivity contribution in [1.29, 1.82) is 0 Å². The minimum Gasteiger partial charge on any atom is -0.394 e. The minimum absolute atomic E-state index is 0.0659. The van der Waals surface area contributed by atoms with Gasteiger partial charge in [0.1, 0.15) is 0 Å². The van der Waals surface area contributed by atoms with E-state index in [4.69, 9.17) is 0 Å². The van der Waals surface area contributed by atoms with Crippen molar-refractivity contribution in [2.75, 3.05) is 13.2 Å². The number of aliphatic hydroxyl groups is 1. The maximum atomic E-state index is 9.23. The van der Waals surface area contributed by atoms with Crippen molar-refractivity contribution in [2.24, 2.45) is 0 Å². The number of hydrogen-bond donors (Lipinski definition) is 2. The van der Waals surface area contributed by atoms with Gasteiger partial charge in [-0.3, -0.25) is 0 Å². The second kappa shape index (κ2) is 5.89. The van der Waals surface area contributed by atoms with Crippen molar-refractivity contribution < 1.29 is 5.11 Å². The summed E-state index contributed by atoms with van der Waals surface area (Å²) < 4.78 is 0.